The lowest BCUT2D eigenvalue weighted by atomic mass is 9.71. The van der Waals surface area contributed by atoms with Crippen LogP contribution < -0.4 is 5.46 Å². The zero-order valence-corrected chi connectivity index (χ0v) is 18.0. The predicted molar refractivity (Wildman–Crippen MR) is 108 cm³/mol. The number of ether oxygens (including phenoxy) is 1. The second kappa shape index (κ2) is 6.68. The topological polar surface area (TPSA) is 48.0 Å². The quantitative estimate of drug-likeness (QED) is 0.713. The lowest BCUT2D eigenvalue weighted by Gasteiger charge is -2.41. The second-order valence-electron chi connectivity index (χ2n) is 9.44. The van der Waals surface area contributed by atoms with E-state index in [1.807, 2.05) is 66.7 Å². The van der Waals surface area contributed by atoms with Crippen LogP contribution in [0.15, 0.2) is 18.2 Å². The molecule has 0 saturated carbocycles. The molecular weight excluding hydrogens is 364 g/mol. The van der Waals surface area contributed by atoms with Crippen molar-refractivity contribution in [3.8, 4) is 0 Å². The standard InChI is InChI=1S/C20H29BClNO4/c1-18(2,3)25-17(24)23-11-13(12-23)15-10-14(22)8-9-16(15)21-26-19(4,5)20(6,7)27-21/h8-10,13H,11-12H2,1-7H3. The fourth-order valence-corrected chi connectivity index (χ4v) is 3.42. The number of carbonyl (C=O) groups excluding carboxylic acids is 1. The summed E-state index contributed by atoms with van der Waals surface area (Å²) in [6, 6.07) is 5.78. The molecule has 0 unspecified atom stereocenters. The minimum Gasteiger partial charge on any atom is -0.444 e. The third-order valence-electron chi connectivity index (χ3n) is 5.53. The van der Waals surface area contributed by atoms with Gasteiger partial charge >= 0.3 is 13.2 Å². The highest BCUT2D eigenvalue weighted by Gasteiger charge is 2.52. The van der Waals surface area contributed by atoms with Gasteiger partial charge in [0.25, 0.3) is 0 Å². The molecule has 1 aromatic rings. The molecule has 148 valence electrons. The van der Waals surface area contributed by atoms with Crippen LogP contribution in [-0.4, -0.2) is 48.0 Å². The van der Waals surface area contributed by atoms with Crippen molar-refractivity contribution in [3.05, 3.63) is 28.8 Å². The van der Waals surface area contributed by atoms with Gasteiger partial charge in [-0.25, -0.2) is 4.79 Å². The Kier molecular flexibility index (Phi) is 5.07. The van der Waals surface area contributed by atoms with Gasteiger partial charge in [0.2, 0.25) is 0 Å². The van der Waals surface area contributed by atoms with Crippen LogP contribution in [-0.2, 0) is 14.0 Å². The Morgan fingerprint density at radius 2 is 1.74 bits per heavy atom. The summed E-state index contributed by atoms with van der Waals surface area (Å²) in [4.78, 5) is 13.9. The average molecular weight is 394 g/mol. The van der Waals surface area contributed by atoms with Crippen LogP contribution in [0.25, 0.3) is 0 Å². The first-order chi connectivity index (χ1) is 12.3. The van der Waals surface area contributed by atoms with Crippen molar-refractivity contribution in [3.63, 3.8) is 0 Å². The summed E-state index contributed by atoms with van der Waals surface area (Å²) < 4.78 is 17.9. The van der Waals surface area contributed by atoms with E-state index in [2.05, 4.69) is 0 Å². The van der Waals surface area contributed by atoms with Gasteiger partial charge in [-0.3, -0.25) is 0 Å². The summed E-state index contributed by atoms with van der Waals surface area (Å²) in [5.41, 5.74) is 0.743. The van der Waals surface area contributed by atoms with Crippen molar-refractivity contribution >= 4 is 30.3 Å². The Bertz CT molecular complexity index is 722. The van der Waals surface area contributed by atoms with Gasteiger partial charge in [-0.2, -0.15) is 0 Å². The third-order valence-corrected chi connectivity index (χ3v) is 5.76. The van der Waals surface area contributed by atoms with Crippen LogP contribution in [0.3, 0.4) is 0 Å². The molecule has 0 aromatic heterocycles. The summed E-state index contributed by atoms with van der Waals surface area (Å²) in [5.74, 6) is 0.185. The molecule has 3 rings (SSSR count). The first kappa shape index (κ1) is 20.5. The van der Waals surface area contributed by atoms with Crippen LogP contribution in [0.2, 0.25) is 5.02 Å². The van der Waals surface area contributed by atoms with Crippen molar-refractivity contribution < 1.29 is 18.8 Å². The van der Waals surface area contributed by atoms with E-state index < -0.39 is 23.9 Å². The number of likely N-dealkylation sites (tertiary alicyclic amines) is 1. The molecule has 5 nitrogen and oxygen atoms in total. The Balaban J connectivity index is 1.77. The normalized spacial score (nSPS) is 21.9. The molecule has 0 atom stereocenters. The Morgan fingerprint density at radius 3 is 2.26 bits per heavy atom. The maximum atomic E-state index is 12.2. The fraction of sp³-hybridized carbons (Fsp3) is 0.650. The highest BCUT2D eigenvalue weighted by Crippen LogP contribution is 2.38. The fourth-order valence-electron chi connectivity index (χ4n) is 3.23. The lowest BCUT2D eigenvalue weighted by molar-refractivity contribution is 0.00578. The summed E-state index contributed by atoms with van der Waals surface area (Å²) in [7, 11) is -0.446. The molecule has 2 aliphatic rings. The number of halogens is 1. The van der Waals surface area contributed by atoms with Crippen LogP contribution >= 0.6 is 11.6 Å². The van der Waals surface area contributed by atoms with Crippen LogP contribution in [0, 0.1) is 0 Å². The zero-order chi connectivity index (χ0) is 20.2. The molecule has 2 aliphatic heterocycles. The molecule has 7 heteroatoms. The molecular formula is C20H29BClNO4. The molecule has 0 spiro atoms. The Morgan fingerprint density at radius 1 is 1.19 bits per heavy atom. The Labute approximate surface area is 167 Å². The van der Waals surface area contributed by atoms with Gasteiger partial charge < -0.3 is 18.9 Å². The number of amides is 1. The molecule has 27 heavy (non-hydrogen) atoms. The monoisotopic (exact) mass is 393 g/mol. The van der Waals surface area contributed by atoms with Crippen LogP contribution in [0.5, 0.6) is 0 Å². The van der Waals surface area contributed by atoms with Gasteiger partial charge in [-0.05, 0) is 71.6 Å². The number of hydrogen-bond acceptors (Lipinski definition) is 4. The van der Waals surface area contributed by atoms with E-state index in [9.17, 15) is 4.79 Å². The molecule has 2 heterocycles. The summed E-state index contributed by atoms with van der Waals surface area (Å²) in [6.45, 7) is 15.0. The first-order valence-electron chi connectivity index (χ1n) is 9.42. The van der Waals surface area contributed by atoms with E-state index in [0.717, 1.165) is 11.0 Å². The minimum atomic E-state index is -0.494. The summed E-state index contributed by atoms with van der Waals surface area (Å²) >= 11 is 6.26. The van der Waals surface area contributed by atoms with Gasteiger partial charge in [0.05, 0.1) is 11.2 Å². The third kappa shape index (κ3) is 4.13. The van der Waals surface area contributed by atoms with Crippen LogP contribution in [0.4, 0.5) is 4.79 Å². The van der Waals surface area contributed by atoms with E-state index in [-0.39, 0.29) is 12.0 Å². The van der Waals surface area contributed by atoms with Gasteiger partial charge in [0, 0.05) is 24.0 Å². The van der Waals surface area contributed by atoms with E-state index in [1.165, 1.54) is 0 Å². The van der Waals surface area contributed by atoms with Crippen molar-refractivity contribution in [1.29, 1.82) is 0 Å². The highest BCUT2D eigenvalue weighted by molar-refractivity contribution is 6.62. The van der Waals surface area contributed by atoms with E-state index in [1.54, 1.807) is 4.90 Å². The van der Waals surface area contributed by atoms with E-state index in [0.29, 0.717) is 18.1 Å². The molecule has 0 radical (unpaired) electrons. The summed E-state index contributed by atoms with van der Waals surface area (Å²) in [6.07, 6.45) is -0.280. The maximum Gasteiger partial charge on any atom is 0.495 e. The largest absolute Gasteiger partial charge is 0.495 e. The highest BCUT2D eigenvalue weighted by atomic mass is 35.5. The van der Waals surface area contributed by atoms with Gasteiger partial charge in [0.15, 0.2) is 0 Å². The number of benzene rings is 1. The molecule has 0 aliphatic carbocycles. The second-order valence-corrected chi connectivity index (χ2v) is 9.88. The zero-order valence-electron chi connectivity index (χ0n) is 17.3. The molecule has 1 amide bonds. The molecule has 2 saturated heterocycles. The first-order valence-corrected chi connectivity index (χ1v) is 9.80. The molecule has 1 aromatic carbocycles. The number of carbonyl (C=O) groups is 1. The van der Waals surface area contributed by atoms with Crippen molar-refractivity contribution in [1.82, 2.24) is 4.90 Å². The smallest absolute Gasteiger partial charge is 0.444 e. The lowest BCUT2D eigenvalue weighted by Crippen LogP contribution is -2.52. The molecule has 0 N–H and O–H groups in total. The predicted octanol–water partition coefficient (Wildman–Crippen LogP) is 3.97. The SMILES string of the molecule is CC(C)(C)OC(=O)N1CC(c2cc(Cl)ccc2B2OC(C)(C)C(C)(C)O2)C1. The van der Waals surface area contributed by atoms with Crippen molar-refractivity contribution in [2.45, 2.75) is 71.2 Å². The van der Waals surface area contributed by atoms with Crippen molar-refractivity contribution in [2.75, 3.05) is 13.1 Å². The number of rotatable bonds is 2. The molecule has 2 fully saturated rings. The Hall–Kier alpha value is -1.24. The maximum absolute atomic E-state index is 12.2. The molecule has 0 bridgehead atoms. The number of hydrogen-bond donors (Lipinski definition) is 0. The van der Waals surface area contributed by atoms with Gasteiger partial charge in [-0.15, -0.1) is 0 Å². The average Bonchev–Trinajstić information content (AvgIpc) is 2.63. The number of nitrogens with zero attached hydrogens (tertiary/aromatic N) is 1. The minimum absolute atomic E-state index is 0.185. The van der Waals surface area contributed by atoms with Gasteiger partial charge in [-0.1, -0.05) is 17.7 Å². The van der Waals surface area contributed by atoms with E-state index >= 15 is 0 Å². The van der Waals surface area contributed by atoms with Gasteiger partial charge in [0.1, 0.15) is 5.60 Å². The van der Waals surface area contributed by atoms with Crippen molar-refractivity contribution in [2.24, 2.45) is 0 Å². The summed E-state index contributed by atoms with van der Waals surface area (Å²) in [5, 5.41) is 0.668. The van der Waals surface area contributed by atoms with Crippen LogP contribution in [0.1, 0.15) is 59.9 Å². The van der Waals surface area contributed by atoms with E-state index in [4.69, 9.17) is 25.6 Å².